The predicted octanol–water partition coefficient (Wildman–Crippen LogP) is 3.29. The average molecular weight is 281 g/mol. The van der Waals surface area contributed by atoms with Crippen LogP contribution in [0.5, 0.6) is 11.5 Å². The summed E-state index contributed by atoms with van der Waals surface area (Å²) in [5, 5.41) is 0. The number of methoxy groups -OCH3 is 2. The van der Waals surface area contributed by atoms with Gasteiger partial charge in [-0.3, -0.25) is 0 Å². The van der Waals surface area contributed by atoms with Crippen molar-refractivity contribution in [2.24, 2.45) is 5.73 Å². The Morgan fingerprint density at radius 1 is 1.20 bits per heavy atom. The minimum atomic E-state index is -1.48. The van der Waals surface area contributed by atoms with E-state index in [1.807, 2.05) is 13.0 Å². The Labute approximate surface area is 120 Å². The van der Waals surface area contributed by atoms with Gasteiger partial charge < -0.3 is 15.2 Å². The van der Waals surface area contributed by atoms with Gasteiger partial charge in [0.05, 0.1) is 14.2 Å². The minimum Gasteiger partial charge on any atom is -0.496 e. The Morgan fingerprint density at radius 2 is 1.75 bits per heavy atom. The van der Waals surface area contributed by atoms with Gasteiger partial charge in [0, 0.05) is 22.6 Å². The van der Waals surface area contributed by atoms with Crippen LogP contribution in [0.3, 0.4) is 0 Å². The second-order valence-corrected chi connectivity index (χ2v) is 6.17. The fourth-order valence-electron chi connectivity index (χ4n) is 2.86. The molecule has 0 aromatic heterocycles. The molecule has 1 aliphatic rings. The summed E-state index contributed by atoms with van der Waals surface area (Å²) in [4.78, 5) is 0. The first-order chi connectivity index (χ1) is 9.26. The molecule has 3 nitrogen and oxygen atoms in total. The molecular weight excluding hydrogens is 257 g/mol. The van der Waals surface area contributed by atoms with Gasteiger partial charge in [0.1, 0.15) is 17.2 Å². The molecule has 0 bridgehead atoms. The molecule has 1 aliphatic carbocycles. The molecular formula is C16H24FNO2. The molecule has 1 saturated carbocycles. The molecule has 2 rings (SSSR count). The molecule has 1 aromatic rings. The first-order valence-corrected chi connectivity index (χ1v) is 6.97. The van der Waals surface area contributed by atoms with E-state index in [1.54, 1.807) is 20.3 Å². The van der Waals surface area contributed by atoms with Crippen molar-refractivity contribution >= 4 is 0 Å². The molecule has 1 aromatic carbocycles. The molecule has 1 atom stereocenters. The van der Waals surface area contributed by atoms with E-state index in [2.05, 4.69) is 0 Å². The first-order valence-electron chi connectivity index (χ1n) is 6.97. The van der Waals surface area contributed by atoms with Gasteiger partial charge in [-0.2, -0.15) is 0 Å². The van der Waals surface area contributed by atoms with E-state index in [4.69, 9.17) is 15.2 Å². The molecule has 2 N–H and O–H groups in total. The summed E-state index contributed by atoms with van der Waals surface area (Å²) in [5.41, 5.74) is 6.12. The highest BCUT2D eigenvalue weighted by Gasteiger charge is 2.49. The molecule has 0 heterocycles. The van der Waals surface area contributed by atoms with Crippen LogP contribution in [-0.4, -0.2) is 20.3 Å². The van der Waals surface area contributed by atoms with Crippen molar-refractivity contribution in [1.29, 1.82) is 0 Å². The van der Waals surface area contributed by atoms with Crippen molar-refractivity contribution in [1.82, 2.24) is 0 Å². The summed E-state index contributed by atoms with van der Waals surface area (Å²) >= 11 is 0. The number of alkyl halides is 1. The lowest BCUT2D eigenvalue weighted by molar-refractivity contribution is 0.212. The zero-order chi connectivity index (χ0) is 15.1. The fourth-order valence-corrected chi connectivity index (χ4v) is 2.86. The monoisotopic (exact) mass is 281 g/mol. The molecule has 0 aliphatic heterocycles. The normalized spacial score (nSPS) is 18.6. The topological polar surface area (TPSA) is 44.5 Å². The molecule has 1 fully saturated rings. The molecule has 0 amide bonds. The third-order valence-corrected chi connectivity index (χ3v) is 4.36. The summed E-state index contributed by atoms with van der Waals surface area (Å²) in [6.45, 7) is 5.04. The Kier molecular flexibility index (Phi) is 3.71. The smallest absolute Gasteiger partial charge is 0.134 e. The van der Waals surface area contributed by atoms with E-state index in [-0.39, 0.29) is 11.5 Å². The summed E-state index contributed by atoms with van der Waals surface area (Å²) in [6, 6.07) is 3.67. The Balaban J connectivity index is 2.60. The number of rotatable bonds is 5. The number of hydrogen-bond acceptors (Lipinski definition) is 3. The van der Waals surface area contributed by atoms with Crippen LogP contribution >= 0.6 is 0 Å². The predicted molar refractivity (Wildman–Crippen MR) is 78.2 cm³/mol. The van der Waals surface area contributed by atoms with Crippen LogP contribution in [0.15, 0.2) is 12.1 Å². The quantitative estimate of drug-likeness (QED) is 0.900. The molecule has 112 valence electrons. The van der Waals surface area contributed by atoms with E-state index in [0.717, 1.165) is 18.4 Å². The van der Waals surface area contributed by atoms with Crippen molar-refractivity contribution in [3.05, 3.63) is 23.3 Å². The van der Waals surface area contributed by atoms with Crippen molar-refractivity contribution in [3.8, 4) is 11.5 Å². The summed E-state index contributed by atoms with van der Waals surface area (Å²) in [6.07, 6.45) is 2.06. The van der Waals surface area contributed by atoms with E-state index in [9.17, 15) is 4.39 Å². The largest absolute Gasteiger partial charge is 0.496 e. The number of hydrogen-bond donors (Lipinski definition) is 1. The van der Waals surface area contributed by atoms with Gasteiger partial charge >= 0.3 is 0 Å². The van der Waals surface area contributed by atoms with Gasteiger partial charge in [-0.1, -0.05) is 0 Å². The van der Waals surface area contributed by atoms with Crippen LogP contribution in [0.4, 0.5) is 4.39 Å². The Hall–Kier alpha value is -1.29. The zero-order valence-electron chi connectivity index (χ0n) is 12.9. The third-order valence-electron chi connectivity index (χ3n) is 4.36. The van der Waals surface area contributed by atoms with Gasteiger partial charge in [-0.25, -0.2) is 4.39 Å². The number of halogens is 1. The maximum atomic E-state index is 14.3. The Morgan fingerprint density at radius 3 is 2.10 bits per heavy atom. The minimum absolute atomic E-state index is 0.0327. The molecule has 0 saturated heterocycles. The maximum Gasteiger partial charge on any atom is 0.134 e. The summed E-state index contributed by atoms with van der Waals surface area (Å²) in [5.74, 6) is 1.25. The van der Waals surface area contributed by atoms with Crippen molar-refractivity contribution in [2.75, 3.05) is 14.2 Å². The lowest BCUT2D eigenvalue weighted by Gasteiger charge is -2.26. The van der Waals surface area contributed by atoms with Crippen molar-refractivity contribution < 1.29 is 13.9 Å². The number of benzene rings is 1. The van der Waals surface area contributed by atoms with E-state index < -0.39 is 5.67 Å². The van der Waals surface area contributed by atoms with Crippen LogP contribution in [0, 0.1) is 0 Å². The number of ether oxygens (including phenoxy) is 2. The second-order valence-electron chi connectivity index (χ2n) is 6.17. The van der Waals surface area contributed by atoms with Crippen molar-refractivity contribution in [3.63, 3.8) is 0 Å². The van der Waals surface area contributed by atoms with Gasteiger partial charge in [0.25, 0.3) is 0 Å². The van der Waals surface area contributed by atoms with Crippen LogP contribution in [-0.2, 0) is 11.1 Å². The highest BCUT2D eigenvalue weighted by Crippen LogP contribution is 2.55. The third kappa shape index (κ3) is 2.37. The van der Waals surface area contributed by atoms with E-state index in [0.29, 0.717) is 17.1 Å². The van der Waals surface area contributed by atoms with E-state index in [1.165, 1.54) is 13.8 Å². The molecule has 20 heavy (non-hydrogen) atoms. The molecule has 0 radical (unpaired) electrons. The maximum absolute atomic E-state index is 14.3. The first kappa shape index (κ1) is 15.1. The standard InChI is InChI=1S/C16H24FNO2/c1-10(18)16(6-7-16)12-9-13(19-4)11(15(2,3)17)8-14(12)20-5/h8-10H,6-7,18H2,1-5H3. The van der Waals surface area contributed by atoms with Gasteiger partial charge in [-0.15, -0.1) is 0 Å². The molecule has 0 spiro atoms. The summed E-state index contributed by atoms with van der Waals surface area (Å²) in [7, 11) is 3.17. The van der Waals surface area contributed by atoms with Crippen LogP contribution in [0.1, 0.15) is 44.7 Å². The molecule has 4 heteroatoms. The lowest BCUT2D eigenvalue weighted by Crippen LogP contribution is -2.32. The fraction of sp³-hybridized carbons (Fsp3) is 0.625. The zero-order valence-corrected chi connectivity index (χ0v) is 12.9. The number of nitrogens with two attached hydrogens (primary N) is 1. The van der Waals surface area contributed by atoms with Crippen LogP contribution in [0.2, 0.25) is 0 Å². The van der Waals surface area contributed by atoms with Gasteiger partial charge in [-0.05, 0) is 45.7 Å². The SMILES string of the molecule is COc1cc(C2(C(C)N)CC2)c(OC)cc1C(C)(C)F. The van der Waals surface area contributed by atoms with Crippen molar-refractivity contribution in [2.45, 2.75) is 50.7 Å². The van der Waals surface area contributed by atoms with Crippen LogP contribution in [0.25, 0.3) is 0 Å². The van der Waals surface area contributed by atoms with Gasteiger partial charge in [0.15, 0.2) is 0 Å². The molecule has 1 unspecified atom stereocenters. The Bertz CT molecular complexity index is 502. The average Bonchev–Trinajstić information content (AvgIpc) is 3.17. The van der Waals surface area contributed by atoms with E-state index >= 15 is 0 Å². The second kappa shape index (κ2) is 4.92. The van der Waals surface area contributed by atoms with Crippen LogP contribution < -0.4 is 15.2 Å². The lowest BCUT2D eigenvalue weighted by atomic mass is 9.86. The van der Waals surface area contributed by atoms with Gasteiger partial charge in [0.2, 0.25) is 0 Å². The highest BCUT2D eigenvalue weighted by atomic mass is 19.1. The summed E-state index contributed by atoms with van der Waals surface area (Å²) < 4.78 is 25.2. The highest BCUT2D eigenvalue weighted by molar-refractivity contribution is 5.54.